The van der Waals surface area contributed by atoms with Crippen molar-refractivity contribution in [2.45, 2.75) is 0 Å². The second kappa shape index (κ2) is 4.97. The van der Waals surface area contributed by atoms with E-state index in [0.29, 0.717) is 16.0 Å². The van der Waals surface area contributed by atoms with Crippen molar-refractivity contribution in [2.75, 3.05) is 0 Å². The van der Waals surface area contributed by atoms with Crippen molar-refractivity contribution in [1.29, 1.82) is 0 Å². The molecule has 0 bridgehead atoms. The Morgan fingerprint density at radius 3 is 1.90 bits per heavy atom. The first-order valence-electron chi connectivity index (χ1n) is 6.16. The molecule has 0 unspecified atom stereocenters. The molecule has 5 heteroatoms. The highest BCUT2D eigenvalue weighted by Crippen LogP contribution is 2.03. The smallest absolute Gasteiger partial charge is 0.263 e. The molecule has 1 heterocycles. The van der Waals surface area contributed by atoms with Crippen LogP contribution in [-0.4, -0.2) is 9.36 Å². The van der Waals surface area contributed by atoms with Gasteiger partial charge in [-0.3, -0.25) is 4.79 Å². The van der Waals surface area contributed by atoms with Crippen molar-refractivity contribution in [3.05, 3.63) is 88.2 Å². The van der Waals surface area contributed by atoms with Gasteiger partial charge in [0.1, 0.15) is 11.4 Å². The summed E-state index contributed by atoms with van der Waals surface area (Å²) in [5.74, 6) is 0. The molecule has 0 aliphatic rings. The van der Waals surface area contributed by atoms with Crippen LogP contribution in [0.15, 0.2) is 77.7 Å². The van der Waals surface area contributed by atoms with Crippen LogP contribution in [0.5, 0.6) is 0 Å². The Kier molecular flexibility index (Phi) is 3.01. The lowest BCUT2D eigenvalue weighted by Crippen LogP contribution is -2.46. The average molecular weight is 266 g/mol. The van der Waals surface area contributed by atoms with Crippen molar-refractivity contribution in [3.8, 4) is 11.4 Å². The lowest BCUT2D eigenvalue weighted by Gasteiger charge is -2.00. The topological polar surface area (TPSA) is 49.9 Å². The van der Waals surface area contributed by atoms with Crippen LogP contribution >= 0.6 is 0 Å². The van der Waals surface area contributed by atoms with Crippen molar-refractivity contribution in [1.82, 2.24) is 9.36 Å². The highest BCUT2D eigenvalue weighted by atomic mass is 16.3. The second-order valence-corrected chi connectivity index (χ2v) is 4.23. The summed E-state index contributed by atoms with van der Waals surface area (Å²) in [5, 5.41) is 0. The van der Waals surface area contributed by atoms with Crippen LogP contribution in [0.2, 0.25) is 0 Å². The Morgan fingerprint density at radius 1 is 0.750 bits per heavy atom. The number of hydrogen-bond donors (Lipinski definition) is 0. The molecule has 2 aromatic carbocycles. The Bertz CT molecular complexity index is 836. The first-order chi connectivity index (χ1) is 9.77. The molecular weight excluding hydrogens is 254 g/mol. The highest BCUT2D eigenvalue weighted by molar-refractivity contribution is 5.30. The summed E-state index contributed by atoms with van der Waals surface area (Å²) in [4.78, 5) is 24.4. The van der Waals surface area contributed by atoms with E-state index in [2.05, 4.69) is 0 Å². The van der Waals surface area contributed by atoms with E-state index >= 15 is 0 Å². The lowest BCUT2D eigenvalue weighted by atomic mass is 10.3. The maximum absolute atomic E-state index is 12.4. The number of hydrogen-bond acceptors (Lipinski definition) is 2. The predicted molar refractivity (Wildman–Crippen MR) is 74.7 cm³/mol. The lowest BCUT2D eigenvalue weighted by molar-refractivity contribution is -0.669. The van der Waals surface area contributed by atoms with Crippen LogP contribution in [0.1, 0.15) is 0 Å². The molecule has 0 fully saturated rings. The summed E-state index contributed by atoms with van der Waals surface area (Å²) in [5.41, 5.74) is 0.836. The van der Waals surface area contributed by atoms with Gasteiger partial charge in [-0.1, -0.05) is 41.1 Å². The molecule has 0 N–H and O–H groups in total. The van der Waals surface area contributed by atoms with E-state index in [1.165, 1.54) is 16.9 Å². The quantitative estimate of drug-likeness (QED) is 0.661. The van der Waals surface area contributed by atoms with Crippen LogP contribution < -0.4 is 10.2 Å². The summed E-state index contributed by atoms with van der Waals surface area (Å²) in [6.07, 6.45) is 1.46. The molecule has 3 rings (SSSR count). The van der Waals surface area contributed by atoms with Crippen LogP contribution in [0.3, 0.4) is 0 Å². The van der Waals surface area contributed by atoms with E-state index in [-0.39, 0.29) is 5.56 Å². The van der Waals surface area contributed by atoms with Crippen molar-refractivity contribution < 1.29 is 4.66 Å². The van der Waals surface area contributed by atoms with Crippen LogP contribution in [0.4, 0.5) is 0 Å². The third-order valence-electron chi connectivity index (χ3n) is 2.94. The van der Waals surface area contributed by atoms with E-state index in [9.17, 15) is 9.70 Å². The zero-order valence-corrected chi connectivity index (χ0v) is 10.6. The summed E-state index contributed by atoms with van der Waals surface area (Å²) >= 11 is 0. The van der Waals surface area contributed by atoms with E-state index < -0.39 is 0 Å². The van der Waals surface area contributed by atoms with Gasteiger partial charge in [-0.2, -0.15) is 0 Å². The van der Waals surface area contributed by atoms with Crippen molar-refractivity contribution in [2.24, 2.45) is 0 Å². The number of rotatable bonds is 2. The van der Waals surface area contributed by atoms with Gasteiger partial charge in [0.2, 0.25) is 0 Å². The van der Waals surface area contributed by atoms with Crippen LogP contribution in [0.25, 0.3) is 11.4 Å². The summed E-state index contributed by atoms with van der Waals surface area (Å²) in [7, 11) is 0. The molecule has 1 aromatic heterocycles. The fraction of sp³-hybridized carbons (Fsp3) is 0. The molecule has 0 amide bonds. The van der Waals surface area contributed by atoms with Crippen molar-refractivity contribution in [3.63, 3.8) is 0 Å². The minimum atomic E-state index is -0.376. The Balaban J connectivity index is 2.28. The molecule has 20 heavy (non-hydrogen) atoms. The van der Waals surface area contributed by atoms with Gasteiger partial charge in [-0.05, 0) is 28.9 Å². The molecule has 5 nitrogen and oxygen atoms in total. The second-order valence-electron chi connectivity index (χ2n) is 4.23. The van der Waals surface area contributed by atoms with E-state index in [1.807, 2.05) is 24.3 Å². The molecule has 0 saturated carbocycles. The molecule has 0 aliphatic heterocycles. The SMILES string of the molecule is O=c1ccn(-c2ccccc2)[n+](=O)n1-c1ccccc1. The third-order valence-corrected chi connectivity index (χ3v) is 2.94. The third kappa shape index (κ3) is 2.05. The van der Waals surface area contributed by atoms with E-state index in [4.69, 9.17) is 0 Å². The number of benzene rings is 2. The Labute approximate surface area is 114 Å². The normalized spacial score (nSPS) is 10.4. The van der Waals surface area contributed by atoms with Gasteiger partial charge in [-0.25, -0.2) is 0 Å². The highest BCUT2D eigenvalue weighted by Gasteiger charge is 2.16. The van der Waals surface area contributed by atoms with Gasteiger partial charge >= 0.3 is 5.56 Å². The first-order valence-corrected chi connectivity index (χ1v) is 6.16. The minimum absolute atomic E-state index is 0.376. The summed E-state index contributed by atoms with van der Waals surface area (Å²) in [6, 6.07) is 19.3. The monoisotopic (exact) mass is 266 g/mol. The van der Waals surface area contributed by atoms with Gasteiger partial charge in [0.05, 0.1) is 11.1 Å². The molecule has 0 atom stereocenters. The minimum Gasteiger partial charge on any atom is -0.263 e. The fourth-order valence-electron chi connectivity index (χ4n) is 2.00. The first kappa shape index (κ1) is 12.1. The van der Waals surface area contributed by atoms with Gasteiger partial charge in [0.25, 0.3) is 4.66 Å². The summed E-state index contributed by atoms with van der Waals surface area (Å²) < 4.78 is 2.99. The average Bonchev–Trinajstić information content (AvgIpc) is 2.49. The molecule has 0 spiro atoms. The van der Waals surface area contributed by atoms with Gasteiger partial charge < -0.3 is 0 Å². The standard InChI is InChI=1S/C15H12N3O2/c19-15-11-12-16(13-7-3-1-4-8-13)18(20)17(15)14-9-5-2-6-10-14/h1-12H/q+1. The molecule has 3 aromatic rings. The number of nitrogens with zero attached hydrogens (tertiary/aromatic N) is 3. The van der Waals surface area contributed by atoms with Gasteiger partial charge in [-0.15, -0.1) is 0 Å². The predicted octanol–water partition coefficient (Wildman–Crippen LogP) is 1.54. The molecule has 0 aliphatic carbocycles. The number of aromatic nitrogens is 3. The van der Waals surface area contributed by atoms with Gasteiger partial charge in [0.15, 0.2) is 0 Å². The Morgan fingerprint density at radius 2 is 1.30 bits per heavy atom. The van der Waals surface area contributed by atoms with Crippen LogP contribution in [0, 0.1) is 4.91 Å². The maximum atomic E-state index is 12.4. The molecular formula is C15H12N3O2+. The summed E-state index contributed by atoms with van der Waals surface area (Å²) in [6.45, 7) is 0. The van der Waals surface area contributed by atoms with Crippen LogP contribution in [-0.2, 0) is 0 Å². The van der Waals surface area contributed by atoms with Crippen molar-refractivity contribution >= 4 is 0 Å². The number of para-hydroxylation sites is 2. The zero-order valence-electron chi connectivity index (χ0n) is 10.6. The maximum Gasteiger partial charge on any atom is 0.316 e. The molecule has 0 radical (unpaired) electrons. The zero-order chi connectivity index (χ0) is 13.9. The molecule has 98 valence electrons. The fourth-order valence-corrected chi connectivity index (χ4v) is 2.00. The van der Waals surface area contributed by atoms with E-state index in [0.717, 1.165) is 4.68 Å². The van der Waals surface area contributed by atoms with E-state index in [1.54, 1.807) is 36.4 Å². The Hall–Kier alpha value is -2.95. The van der Waals surface area contributed by atoms with Gasteiger partial charge in [0, 0.05) is 6.07 Å². The largest absolute Gasteiger partial charge is 0.316 e. The molecule has 0 saturated heterocycles.